The topological polar surface area (TPSA) is 74.8 Å². The van der Waals surface area contributed by atoms with Crippen LogP contribution >= 0.6 is 0 Å². The molecule has 3 heterocycles. The lowest BCUT2D eigenvalue weighted by atomic mass is 10.1. The van der Waals surface area contributed by atoms with Crippen molar-refractivity contribution in [2.45, 2.75) is 6.18 Å². The summed E-state index contributed by atoms with van der Waals surface area (Å²) in [6, 6.07) is 12.0. The average molecular weight is 486 g/mol. The van der Waals surface area contributed by atoms with Gasteiger partial charge in [-0.3, -0.25) is 9.59 Å². The molecular formula is C24H18F4N4O3. The van der Waals surface area contributed by atoms with E-state index < -0.39 is 29.4 Å². The number of rotatable bonds is 2. The molecule has 0 aliphatic carbocycles. The number of para-hydroxylation sites is 1. The fourth-order valence-corrected chi connectivity index (χ4v) is 4.08. The van der Waals surface area contributed by atoms with Crippen LogP contribution in [-0.2, 0) is 6.18 Å². The Morgan fingerprint density at radius 3 is 2.46 bits per heavy atom. The van der Waals surface area contributed by atoms with Gasteiger partial charge >= 0.3 is 6.18 Å². The Balaban J connectivity index is 1.33. The average Bonchev–Trinajstić information content (AvgIpc) is 2.99. The van der Waals surface area contributed by atoms with Crippen molar-refractivity contribution in [2.24, 2.45) is 0 Å². The van der Waals surface area contributed by atoms with Gasteiger partial charge in [-0.1, -0.05) is 18.2 Å². The predicted octanol–water partition coefficient (Wildman–Crippen LogP) is 4.56. The Kier molecular flexibility index (Phi) is 5.54. The van der Waals surface area contributed by atoms with E-state index in [1.807, 2.05) is 4.90 Å². The standard InChI is InChI=1S/C24H18F4N4O3/c25-17-6-3-7-18-20(17)30-21(33)15-8-9-19(29-22(15)35-18)31-10-12-32(13-11-31)23(34)14-4-1-2-5-16(14)24(26,27)28/h1-9H,10-13H2,(H,30,33). The maximum Gasteiger partial charge on any atom is 0.417 e. The van der Waals surface area contributed by atoms with Gasteiger partial charge in [0.2, 0.25) is 5.88 Å². The van der Waals surface area contributed by atoms with Crippen LogP contribution in [0.1, 0.15) is 26.3 Å². The van der Waals surface area contributed by atoms with Gasteiger partial charge in [0.05, 0.1) is 11.1 Å². The quantitative estimate of drug-likeness (QED) is 0.538. The van der Waals surface area contributed by atoms with Gasteiger partial charge in [-0.05, 0) is 36.4 Å². The first-order valence-corrected chi connectivity index (χ1v) is 10.7. The Hall–Kier alpha value is -4.15. The molecule has 35 heavy (non-hydrogen) atoms. The number of nitrogens with zero attached hydrogens (tertiary/aromatic N) is 3. The Bertz CT molecular complexity index is 1320. The number of alkyl halides is 3. The Morgan fingerprint density at radius 2 is 1.71 bits per heavy atom. The number of ether oxygens (including phenoxy) is 1. The second kappa shape index (κ2) is 8.57. The zero-order chi connectivity index (χ0) is 24.7. The van der Waals surface area contributed by atoms with E-state index in [-0.39, 0.29) is 41.5 Å². The maximum absolute atomic E-state index is 14.1. The number of hydrogen-bond acceptors (Lipinski definition) is 5. The first-order chi connectivity index (χ1) is 16.7. The third-order valence-corrected chi connectivity index (χ3v) is 5.86. The molecule has 2 aliphatic heterocycles. The van der Waals surface area contributed by atoms with E-state index in [9.17, 15) is 27.2 Å². The number of fused-ring (bicyclic) bond motifs is 2. The largest absolute Gasteiger partial charge is 0.436 e. The normalized spacial score (nSPS) is 15.5. The second-order valence-electron chi connectivity index (χ2n) is 8.01. The summed E-state index contributed by atoms with van der Waals surface area (Å²) >= 11 is 0. The van der Waals surface area contributed by atoms with Gasteiger partial charge in [0, 0.05) is 26.2 Å². The molecule has 0 radical (unpaired) electrons. The van der Waals surface area contributed by atoms with Gasteiger partial charge in [-0.2, -0.15) is 18.2 Å². The number of amides is 2. The highest BCUT2D eigenvalue weighted by molar-refractivity contribution is 6.07. The SMILES string of the molecule is O=C1Nc2c(F)cccc2Oc2nc(N3CCN(C(=O)c4ccccc4C(F)(F)F)CC3)ccc21. The van der Waals surface area contributed by atoms with Crippen LogP contribution in [0.25, 0.3) is 0 Å². The minimum absolute atomic E-state index is 0.00182. The second-order valence-corrected chi connectivity index (χ2v) is 8.01. The zero-order valence-corrected chi connectivity index (χ0v) is 18.1. The van der Waals surface area contributed by atoms with Crippen molar-refractivity contribution in [1.82, 2.24) is 9.88 Å². The number of hydrogen-bond donors (Lipinski definition) is 1. The predicted molar refractivity (Wildman–Crippen MR) is 118 cm³/mol. The molecule has 2 aliphatic rings. The highest BCUT2D eigenvalue weighted by Crippen LogP contribution is 2.37. The van der Waals surface area contributed by atoms with E-state index in [0.29, 0.717) is 18.9 Å². The molecule has 11 heteroatoms. The van der Waals surface area contributed by atoms with Crippen molar-refractivity contribution in [3.63, 3.8) is 0 Å². The van der Waals surface area contributed by atoms with E-state index in [2.05, 4.69) is 10.3 Å². The Morgan fingerprint density at radius 1 is 0.971 bits per heavy atom. The summed E-state index contributed by atoms with van der Waals surface area (Å²) in [5.74, 6) is -1.33. The fraction of sp³-hybridized carbons (Fsp3) is 0.208. The number of carbonyl (C=O) groups is 2. The lowest BCUT2D eigenvalue weighted by molar-refractivity contribution is -0.138. The summed E-state index contributed by atoms with van der Waals surface area (Å²) in [5.41, 5.74) is -1.31. The van der Waals surface area contributed by atoms with Gasteiger partial charge in [0.15, 0.2) is 11.6 Å². The number of halogens is 4. The van der Waals surface area contributed by atoms with Crippen LogP contribution in [0, 0.1) is 5.82 Å². The van der Waals surface area contributed by atoms with Crippen molar-refractivity contribution >= 4 is 23.3 Å². The minimum atomic E-state index is -4.63. The smallest absolute Gasteiger partial charge is 0.417 e. The summed E-state index contributed by atoms with van der Waals surface area (Å²) < 4.78 is 59.8. The van der Waals surface area contributed by atoms with E-state index in [1.54, 1.807) is 6.07 Å². The summed E-state index contributed by atoms with van der Waals surface area (Å²) in [4.78, 5) is 33.0. The van der Waals surface area contributed by atoms with Crippen molar-refractivity contribution in [3.05, 3.63) is 77.1 Å². The highest BCUT2D eigenvalue weighted by Gasteiger charge is 2.36. The van der Waals surface area contributed by atoms with Crippen LogP contribution < -0.4 is 15.0 Å². The van der Waals surface area contributed by atoms with Crippen LogP contribution in [-0.4, -0.2) is 47.9 Å². The van der Waals surface area contributed by atoms with Gasteiger partial charge in [-0.25, -0.2) is 4.39 Å². The number of benzene rings is 2. The van der Waals surface area contributed by atoms with Gasteiger partial charge in [0.1, 0.15) is 17.1 Å². The third-order valence-electron chi connectivity index (χ3n) is 5.86. The van der Waals surface area contributed by atoms with Crippen molar-refractivity contribution in [1.29, 1.82) is 0 Å². The molecule has 0 spiro atoms. The molecule has 0 saturated carbocycles. The van der Waals surface area contributed by atoms with E-state index in [4.69, 9.17) is 4.74 Å². The van der Waals surface area contributed by atoms with Crippen LogP contribution in [0.15, 0.2) is 54.6 Å². The van der Waals surface area contributed by atoms with Crippen molar-refractivity contribution < 1.29 is 31.9 Å². The first kappa shape index (κ1) is 22.6. The van der Waals surface area contributed by atoms with Crippen LogP contribution in [0.3, 0.4) is 0 Å². The number of anilines is 2. The molecule has 1 fully saturated rings. The third kappa shape index (κ3) is 4.25. The summed E-state index contributed by atoms with van der Waals surface area (Å²) in [7, 11) is 0. The number of pyridine rings is 1. The molecular weight excluding hydrogens is 468 g/mol. The molecule has 0 atom stereocenters. The zero-order valence-electron chi connectivity index (χ0n) is 18.1. The molecule has 0 unspecified atom stereocenters. The first-order valence-electron chi connectivity index (χ1n) is 10.7. The van der Waals surface area contributed by atoms with E-state index in [1.165, 1.54) is 47.4 Å². The molecule has 1 N–H and O–H groups in total. The number of carbonyl (C=O) groups excluding carboxylic acids is 2. The molecule has 2 amide bonds. The molecule has 7 nitrogen and oxygen atoms in total. The molecule has 3 aromatic rings. The number of piperazine rings is 1. The summed E-state index contributed by atoms with van der Waals surface area (Å²) in [6.07, 6.45) is -4.63. The van der Waals surface area contributed by atoms with Gasteiger partial charge in [-0.15, -0.1) is 0 Å². The number of aromatic nitrogens is 1. The molecule has 2 aromatic carbocycles. The molecule has 1 saturated heterocycles. The minimum Gasteiger partial charge on any atom is -0.436 e. The molecule has 180 valence electrons. The maximum atomic E-state index is 14.1. The lowest BCUT2D eigenvalue weighted by Crippen LogP contribution is -2.49. The molecule has 5 rings (SSSR count). The van der Waals surface area contributed by atoms with E-state index >= 15 is 0 Å². The molecule has 0 bridgehead atoms. The number of nitrogens with one attached hydrogen (secondary N) is 1. The van der Waals surface area contributed by atoms with Crippen LogP contribution in [0.4, 0.5) is 29.1 Å². The van der Waals surface area contributed by atoms with Crippen molar-refractivity contribution in [3.8, 4) is 11.6 Å². The summed E-state index contributed by atoms with van der Waals surface area (Å²) in [6.45, 7) is 0.977. The highest BCUT2D eigenvalue weighted by atomic mass is 19.4. The van der Waals surface area contributed by atoms with Crippen LogP contribution in [0.2, 0.25) is 0 Å². The lowest BCUT2D eigenvalue weighted by Gasteiger charge is -2.36. The fourth-order valence-electron chi connectivity index (χ4n) is 4.08. The van der Waals surface area contributed by atoms with Gasteiger partial charge in [0.25, 0.3) is 11.8 Å². The van der Waals surface area contributed by atoms with Crippen LogP contribution in [0.5, 0.6) is 11.6 Å². The van der Waals surface area contributed by atoms with E-state index in [0.717, 1.165) is 6.07 Å². The van der Waals surface area contributed by atoms with Gasteiger partial charge < -0.3 is 19.9 Å². The van der Waals surface area contributed by atoms with Crippen molar-refractivity contribution in [2.75, 3.05) is 36.4 Å². The summed E-state index contributed by atoms with van der Waals surface area (Å²) in [5, 5.41) is 2.48. The Labute approximate surface area is 196 Å². The molecule has 1 aromatic heterocycles. The monoisotopic (exact) mass is 486 g/mol.